The van der Waals surface area contributed by atoms with E-state index in [4.69, 9.17) is 5.73 Å². The Bertz CT molecular complexity index is 482. The van der Waals surface area contributed by atoms with Gasteiger partial charge in [-0.1, -0.05) is 22.0 Å². The largest absolute Gasteiger partial charge is 0.398 e. The average molecular weight is 319 g/mol. The zero-order valence-corrected chi connectivity index (χ0v) is 11.8. The highest BCUT2D eigenvalue weighted by molar-refractivity contribution is 9.10. The van der Waals surface area contributed by atoms with Gasteiger partial charge in [0.2, 0.25) is 0 Å². The minimum absolute atomic E-state index is 0.247. The molecule has 0 amide bonds. The van der Waals surface area contributed by atoms with Crippen LogP contribution in [-0.2, 0) is 16.4 Å². The van der Waals surface area contributed by atoms with Crippen LogP contribution in [0, 0.1) is 0 Å². The fourth-order valence-corrected chi connectivity index (χ4v) is 3.66. The molecule has 1 fully saturated rings. The van der Waals surface area contributed by atoms with E-state index < -0.39 is 9.84 Å². The summed E-state index contributed by atoms with van der Waals surface area (Å²) in [5, 5.41) is 0. The van der Waals surface area contributed by atoms with Crippen molar-refractivity contribution in [2.75, 3.05) is 30.3 Å². The molecular weight excluding hydrogens is 304 g/mol. The van der Waals surface area contributed by atoms with E-state index in [2.05, 4.69) is 20.8 Å². The molecule has 2 rings (SSSR count). The minimum Gasteiger partial charge on any atom is -0.398 e. The molecule has 1 heterocycles. The summed E-state index contributed by atoms with van der Waals surface area (Å²) in [6, 6.07) is 5.71. The second-order valence-corrected chi connectivity index (χ2v) is 7.39. The Labute approximate surface area is 110 Å². The van der Waals surface area contributed by atoms with Gasteiger partial charge >= 0.3 is 0 Å². The second kappa shape index (κ2) is 4.96. The lowest BCUT2D eigenvalue weighted by molar-refractivity contribution is 0.287. The number of sulfone groups is 1. The van der Waals surface area contributed by atoms with Gasteiger partial charge in [-0.15, -0.1) is 0 Å². The zero-order valence-electron chi connectivity index (χ0n) is 9.39. The predicted molar refractivity (Wildman–Crippen MR) is 72.5 cm³/mol. The second-order valence-electron chi connectivity index (χ2n) is 4.24. The topological polar surface area (TPSA) is 63.4 Å². The van der Waals surface area contributed by atoms with Gasteiger partial charge < -0.3 is 5.73 Å². The first-order valence-electron chi connectivity index (χ1n) is 5.43. The molecule has 1 aliphatic heterocycles. The molecule has 0 radical (unpaired) electrons. The van der Waals surface area contributed by atoms with Crippen LogP contribution >= 0.6 is 15.9 Å². The summed E-state index contributed by atoms with van der Waals surface area (Å²) in [4.78, 5) is 2.12. The molecule has 0 bridgehead atoms. The van der Waals surface area contributed by atoms with E-state index in [1.807, 2.05) is 18.2 Å². The molecule has 0 aromatic heterocycles. The Hall–Kier alpha value is -0.590. The van der Waals surface area contributed by atoms with Crippen molar-refractivity contribution >= 4 is 31.5 Å². The van der Waals surface area contributed by atoms with Crippen molar-refractivity contribution in [3.05, 3.63) is 28.2 Å². The van der Waals surface area contributed by atoms with Crippen LogP contribution in [0.15, 0.2) is 22.7 Å². The summed E-state index contributed by atoms with van der Waals surface area (Å²) < 4.78 is 23.6. The van der Waals surface area contributed by atoms with Crippen LogP contribution in [0.4, 0.5) is 5.69 Å². The third kappa shape index (κ3) is 3.20. The maximum absolute atomic E-state index is 11.3. The van der Waals surface area contributed by atoms with Crippen molar-refractivity contribution < 1.29 is 8.42 Å². The van der Waals surface area contributed by atoms with Crippen LogP contribution in [0.5, 0.6) is 0 Å². The molecule has 1 aromatic carbocycles. The van der Waals surface area contributed by atoms with Gasteiger partial charge in [0.15, 0.2) is 9.84 Å². The first-order chi connectivity index (χ1) is 7.98. The van der Waals surface area contributed by atoms with Crippen LogP contribution in [0.3, 0.4) is 0 Å². The zero-order chi connectivity index (χ0) is 12.5. The highest BCUT2D eigenvalue weighted by Gasteiger charge is 2.22. The van der Waals surface area contributed by atoms with Gasteiger partial charge in [0.05, 0.1) is 11.5 Å². The number of hydrogen-bond donors (Lipinski definition) is 1. The molecule has 2 N–H and O–H groups in total. The van der Waals surface area contributed by atoms with Crippen LogP contribution in [0.2, 0.25) is 0 Å². The molecule has 0 spiro atoms. The van der Waals surface area contributed by atoms with Crippen molar-refractivity contribution in [3.63, 3.8) is 0 Å². The Morgan fingerprint density at radius 1 is 1.29 bits per heavy atom. The Balaban J connectivity index is 2.08. The predicted octanol–water partition coefficient (Wildman–Crippen LogP) is 1.26. The van der Waals surface area contributed by atoms with Crippen LogP contribution in [0.1, 0.15) is 5.56 Å². The van der Waals surface area contributed by atoms with Gasteiger partial charge in [0.1, 0.15) is 0 Å². The molecular formula is C11H15BrN2O2S. The van der Waals surface area contributed by atoms with E-state index in [1.165, 1.54) is 0 Å². The lowest BCUT2D eigenvalue weighted by Gasteiger charge is -2.27. The molecule has 0 unspecified atom stereocenters. The van der Waals surface area contributed by atoms with Gasteiger partial charge in [-0.05, 0) is 12.1 Å². The summed E-state index contributed by atoms with van der Waals surface area (Å²) >= 11 is 3.47. The van der Waals surface area contributed by atoms with Crippen molar-refractivity contribution in [1.82, 2.24) is 4.90 Å². The van der Waals surface area contributed by atoms with Crippen molar-refractivity contribution in [2.24, 2.45) is 0 Å². The Morgan fingerprint density at radius 3 is 2.53 bits per heavy atom. The van der Waals surface area contributed by atoms with E-state index in [-0.39, 0.29) is 11.5 Å². The minimum atomic E-state index is -2.81. The number of benzene rings is 1. The molecule has 0 atom stereocenters. The third-order valence-corrected chi connectivity index (χ3v) is 5.33. The van der Waals surface area contributed by atoms with Crippen LogP contribution in [0.25, 0.3) is 0 Å². The first-order valence-corrected chi connectivity index (χ1v) is 8.05. The van der Waals surface area contributed by atoms with Gasteiger partial charge in [-0.2, -0.15) is 0 Å². The maximum atomic E-state index is 11.3. The number of nitrogens with zero attached hydrogens (tertiary/aromatic N) is 1. The number of nitrogen functional groups attached to an aromatic ring is 1. The maximum Gasteiger partial charge on any atom is 0.152 e. The number of nitrogens with two attached hydrogens (primary N) is 1. The molecule has 4 nitrogen and oxygen atoms in total. The van der Waals surface area contributed by atoms with Gasteiger partial charge in [0, 0.05) is 35.4 Å². The van der Waals surface area contributed by atoms with Crippen molar-refractivity contribution in [1.29, 1.82) is 0 Å². The highest BCUT2D eigenvalue weighted by atomic mass is 79.9. The molecule has 17 heavy (non-hydrogen) atoms. The quantitative estimate of drug-likeness (QED) is 0.834. The average Bonchev–Trinajstić information content (AvgIpc) is 2.26. The van der Waals surface area contributed by atoms with Crippen molar-refractivity contribution in [2.45, 2.75) is 6.54 Å². The van der Waals surface area contributed by atoms with E-state index in [9.17, 15) is 8.42 Å². The van der Waals surface area contributed by atoms with Gasteiger partial charge in [-0.3, -0.25) is 4.90 Å². The molecule has 0 aliphatic carbocycles. The number of halogens is 1. The lowest BCUT2D eigenvalue weighted by Crippen LogP contribution is -2.39. The summed E-state index contributed by atoms with van der Waals surface area (Å²) in [5.41, 5.74) is 7.69. The molecule has 1 aromatic rings. The highest BCUT2D eigenvalue weighted by Crippen LogP contribution is 2.24. The molecule has 1 aliphatic rings. The number of rotatable bonds is 2. The molecule has 1 saturated heterocycles. The Morgan fingerprint density at radius 2 is 1.94 bits per heavy atom. The molecule has 6 heteroatoms. The summed E-state index contributed by atoms with van der Waals surface area (Å²) in [7, 11) is -2.81. The van der Waals surface area contributed by atoms with Crippen LogP contribution in [-0.4, -0.2) is 37.9 Å². The summed E-state index contributed by atoms with van der Waals surface area (Å²) in [5.74, 6) is 0.495. The van der Waals surface area contributed by atoms with E-state index in [0.29, 0.717) is 19.6 Å². The number of anilines is 1. The fourth-order valence-electron chi connectivity index (χ4n) is 1.87. The first kappa shape index (κ1) is 12.9. The standard InChI is InChI=1S/C11H15BrN2O2S/c12-10-2-1-3-11(13)9(10)8-14-4-6-17(15,16)7-5-14/h1-3H,4-8,13H2. The van der Waals surface area contributed by atoms with Gasteiger partial charge in [0.25, 0.3) is 0 Å². The number of hydrogen-bond acceptors (Lipinski definition) is 4. The lowest BCUT2D eigenvalue weighted by atomic mass is 10.1. The Kier molecular flexibility index (Phi) is 3.75. The normalized spacial score (nSPS) is 20.3. The van der Waals surface area contributed by atoms with Gasteiger partial charge in [-0.25, -0.2) is 8.42 Å². The SMILES string of the molecule is Nc1cccc(Br)c1CN1CCS(=O)(=O)CC1. The van der Waals surface area contributed by atoms with E-state index in [1.54, 1.807) is 0 Å². The fraction of sp³-hybridized carbons (Fsp3) is 0.455. The summed E-state index contributed by atoms with van der Waals surface area (Å²) in [6.07, 6.45) is 0. The molecule has 0 saturated carbocycles. The smallest absolute Gasteiger partial charge is 0.152 e. The van der Waals surface area contributed by atoms with Crippen molar-refractivity contribution in [3.8, 4) is 0 Å². The van der Waals surface area contributed by atoms with E-state index >= 15 is 0 Å². The van der Waals surface area contributed by atoms with Crippen LogP contribution < -0.4 is 5.73 Å². The molecule has 94 valence electrons. The van der Waals surface area contributed by atoms with E-state index in [0.717, 1.165) is 15.7 Å². The monoisotopic (exact) mass is 318 g/mol. The third-order valence-electron chi connectivity index (χ3n) is 2.97. The summed E-state index contributed by atoms with van der Waals surface area (Å²) in [6.45, 7) is 1.87.